The molecule has 2 heterocycles. The minimum absolute atomic E-state index is 0.125. The first-order valence-electron chi connectivity index (χ1n) is 13.9. The molecule has 2 rings (SSSR count). The average molecular weight is 644 g/mol. The lowest BCUT2D eigenvalue weighted by atomic mass is 10.0. The highest BCUT2D eigenvalue weighted by Gasteiger charge is 2.58. The average Bonchev–Trinajstić information content (AvgIpc) is 3.17. The Balaban J connectivity index is 0.000000420. The summed E-state index contributed by atoms with van der Waals surface area (Å²) < 4.78 is 16.1. The van der Waals surface area contributed by atoms with Crippen molar-refractivity contribution in [1.82, 2.24) is 0 Å². The van der Waals surface area contributed by atoms with Gasteiger partial charge in [0.05, 0.1) is 23.7 Å². The summed E-state index contributed by atoms with van der Waals surface area (Å²) in [5, 5.41) is 48.0. The van der Waals surface area contributed by atoms with E-state index in [1.165, 1.54) is 57.8 Å². The van der Waals surface area contributed by atoms with E-state index in [-0.39, 0.29) is 11.1 Å². The fourth-order valence-electron chi connectivity index (χ4n) is 4.48. The Morgan fingerprint density at radius 2 is 1.38 bits per heavy atom. The van der Waals surface area contributed by atoms with Gasteiger partial charge in [-0.25, -0.2) is 0 Å². The zero-order valence-electron chi connectivity index (χ0n) is 22.6. The van der Waals surface area contributed by atoms with Crippen molar-refractivity contribution in [2.45, 2.75) is 138 Å². The zero-order valence-corrected chi connectivity index (χ0v) is 25.6. The first-order valence-corrected chi connectivity index (χ1v) is 15.7. The molecule has 0 aromatic heterocycles. The Labute approximate surface area is 252 Å². The van der Waals surface area contributed by atoms with E-state index in [1.54, 1.807) is 0 Å². The molecule has 0 saturated carbocycles. The van der Waals surface area contributed by atoms with Crippen LogP contribution in [0.3, 0.4) is 0 Å². The van der Waals surface area contributed by atoms with Crippen LogP contribution in [0.2, 0.25) is 0 Å². The summed E-state index contributed by atoms with van der Waals surface area (Å²) in [7, 11) is 0. The normalized spacial score (nSPS) is 34.5. The Morgan fingerprint density at radius 3 is 1.82 bits per heavy atom. The first-order chi connectivity index (χ1) is 18.6. The molecule has 232 valence electrons. The molecule has 9 atom stereocenters. The molecule has 2 aliphatic heterocycles. The largest absolute Gasteiger partial charge is 0.394 e. The van der Waals surface area contributed by atoms with Crippen LogP contribution in [-0.4, -0.2) is 103 Å². The van der Waals surface area contributed by atoms with E-state index in [4.69, 9.17) is 60.6 Å². The smallest absolute Gasteiger partial charge is 0.221 e. The zero-order chi connectivity index (χ0) is 29.4. The summed E-state index contributed by atoms with van der Waals surface area (Å²) in [5.41, 5.74) is 0. The third-order valence-corrected chi connectivity index (χ3v) is 8.34. The molecule has 0 amide bonds. The molecule has 0 aromatic carbocycles. The Kier molecular flexibility index (Phi) is 19.7. The highest BCUT2D eigenvalue weighted by atomic mass is 35.5. The number of aliphatic hydroxyl groups is 5. The second-order valence-corrected chi connectivity index (χ2v) is 11.6. The Hall–Kier alpha value is 0.510. The van der Waals surface area contributed by atoms with E-state index >= 15 is 0 Å². The number of halogens is 4. The van der Waals surface area contributed by atoms with Crippen LogP contribution < -0.4 is 0 Å². The van der Waals surface area contributed by atoms with Gasteiger partial charge < -0.3 is 39.7 Å². The summed E-state index contributed by atoms with van der Waals surface area (Å²) in [6, 6.07) is 0. The molecule has 0 radical (unpaired) electrons. The van der Waals surface area contributed by atoms with Gasteiger partial charge in [0.25, 0.3) is 0 Å². The summed E-state index contributed by atoms with van der Waals surface area (Å²) >= 11 is 22.6. The molecular weight excluding hydrogens is 598 g/mol. The van der Waals surface area contributed by atoms with Crippen molar-refractivity contribution in [2.24, 2.45) is 0 Å². The maximum Gasteiger partial charge on any atom is 0.221 e. The van der Waals surface area contributed by atoms with Crippen molar-refractivity contribution >= 4 is 51.6 Å². The van der Waals surface area contributed by atoms with Crippen LogP contribution in [0.5, 0.6) is 0 Å². The summed E-state index contributed by atoms with van der Waals surface area (Å²) in [5.74, 6) is -2.43. The van der Waals surface area contributed by atoms with Gasteiger partial charge in [-0.05, 0) is 18.0 Å². The number of carbonyl (C=O) groups is 1. The topological polar surface area (TPSA) is 146 Å². The molecule has 2 aliphatic rings. The van der Waals surface area contributed by atoms with Crippen LogP contribution in [0.25, 0.3) is 0 Å². The van der Waals surface area contributed by atoms with Gasteiger partial charge in [0.1, 0.15) is 36.6 Å². The van der Waals surface area contributed by atoms with Gasteiger partial charge in [0, 0.05) is 6.42 Å². The molecule has 2 saturated heterocycles. The van der Waals surface area contributed by atoms with E-state index in [1.807, 2.05) is 0 Å². The third kappa shape index (κ3) is 12.3. The second-order valence-electron chi connectivity index (χ2n) is 10.1. The molecule has 13 heteroatoms. The van der Waals surface area contributed by atoms with Gasteiger partial charge in [0.2, 0.25) is 11.0 Å². The van der Waals surface area contributed by atoms with Crippen molar-refractivity contribution in [3.63, 3.8) is 0 Å². The number of aliphatic hydroxyl groups excluding tert-OH is 5. The van der Waals surface area contributed by atoms with E-state index < -0.39 is 66.6 Å². The van der Waals surface area contributed by atoms with E-state index in [9.17, 15) is 30.3 Å². The van der Waals surface area contributed by atoms with Crippen LogP contribution >= 0.6 is 46.4 Å². The second kappa shape index (κ2) is 20.4. The van der Waals surface area contributed by atoms with E-state index in [0.717, 1.165) is 12.8 Å². The fraction of sp³-hybridized carbons (Fsp3) is 0.962. The summed E-state index contributed by atoms with van der Waals surface area (Å²) in [4.78, 5) is 10.5. The highest BCUT2D eigenvalue weighted by Crippen LogP contribution is 2.38. The Bertz CT molecular complexity index is 663. The minimum Gasteiger partial charge on any atom is -0.394 e. The number of unbranched alkanes of at least 4 members (excludes halogenated alkanes) is 10. The lowest BCUT2D eigenvalue weighted by molar-refractivity contribution is -0.357. The predicted octanol–water partition coefficient (Wildman–Crippen LogP) is 3.80. The van der Waals surface area contributed by atoms with Crippen LogP contribution in [0.1, 0.15) is 84.0 Å². The van der Waals surface area contributed by atoms with Crippen molar-refractivity contribution < 1.29 is 44.5 Å². The molecule has 2 unspecified atom stereocenters. The number of carbonyl (C=O) groups excluding carboxylic acids is 1. The lowest BCUT2D eigenvalue weighted by Crippen LogP contribution is -2.61. The fourth-order valence-corrected chi connectivity index (χ4v) is 5.44. The van der Waals surface area contributed by atoms with Gasteiger partial charge in [-0.1, -0.05) is 71.1 Å². The molecule has 0 spiro atoms. The molecular formula is C26H46Cl4O9. The molecule has 2 fully saturated rings. The third-order valence-electron chi connectivity index (χ3n) is 6.94. The molecule has 0 aromatic rings. The SMILES string of the molecule is CCCCCCCCCCCCCC(=O)Cl.OCC1O[C@H](O[C@@]2(CCl)O[C@H](CCl)[C@@H](O)[C@H]2O)C(O)[C@@H](O)[C@H]1Cl. The number of alkyl halides is 3. The molecule has 39 heavy (non-hydrogen) atoms. The molecule has 0 aliphatic carbocycles. The summed E-state index contributed by atoms with van der Waals surface area (Å²) in [6.07, 6.45) is 5.58. The van der Waals surface area contributed by atoms with E-state index in [0.29, 0.717) is 6.42 Å². The standard InChI is InChI=1S/C14H27ClO.C12H19Cl3O8/c1-2-3-4-5-6-7-8-9-10-11-12-13-14(15)16;13-1-4-7(17)10(20)12(3-14,22-4)23-11-9(19)8(18)6(15)5(2-16)21-11/h2-13H2,1H3;4-11,16-20H,1-3H2/t;4-,5?,6+,7-,8+,9?,10-,11-,12-/m.1/s1. The maximum atomic E-state index is 10.5. The number of ether oxygens (including phenoxy) is 3. The van der Waals surface area contributed by atoms with Crippen molar-refractivity contribution in [3.8, 4) is 0 Å². The van der Waals surface area contributed by atoms with Crippen molar-refractivity contribution in [2.75, 3.05) is 18.4 Å². The van der Waals surface area contributed by atoms with Gasteiger partial charge >= 0.3 is 0 Å². The molecule has 0 bridgehead atoms. The molecule has 9 nitrogen and oxygen atoms in total. The Morgan fingerprint density at radius 1 is 0.846 bits per heavy atom. The predicted molar refractivity (Wildman–Crippen MR) is 151 cm³/mol. The van der Waals surface area contributed by atoms with Crippen LogP contribution in [0.4, 0.5) is 0 Å². The van der Waals surface area contributed by atoms with Crippen LogP contribution in [-0.2, 0) is 19.0 Å². The number of rotatable bonds is 17. The summed E-state index contributed by atoms with van der Waals surface area (Å²) in [6.45, 7) is 1.73. The van der Waals surface area contributed by atoms with Gasteiger partial charge in [-0.15, -0.1) is 34.8 Å². The van der Waals surface area contributed by atoms with Gasteiger partial charge in [-0.2, -0.15) is 0 Å². The minimum atomic E-state index is -1.90. The van der Waals surface area contributed by atoms with Crippen LogP contribution in [0.15, 0.2) is 0 Å². The van der Waals surface area contributed by atoms with Crippen molar-refractivity contribution in [3.05, 3.63) is 0 Å². The van der Waals surface area contributed by atoms with Gasteiger partial charge in [0.15, 0.2) is 6.29 Å². The number of hydrogen-bond donors (Lipinski definition) is 5. The van der Waals surface area contributed by atoms with Gasteiger partial charge in [-0.3, -0.25) is 4.79 Å². The maximum absolute atomic E-state index is 10.5. The van der Waals surface area contributed by atoms with Crippen molar-refractivity contribution in [1.29, 1.82) is 0 Å². The van der Waals surface area contributed by atoms with E-state index in [2.05, 4.69) is 6.92 Å². The highest BCUT2D eigenvalue weighted by molar-refractivity contribution is 6.63. The first kappa shape index (κ1) is 37.5. The monoisotopic (exact) mass is 642 g/mol. The van der Waals surface area contributed by atoms with Crippen LogP contribution in [0, 0.1) is 0 Å². The lowest BCUT2D eigenvalue weighted by Gasteiger charge is -2.43. The quantitative estimate of drug-likeness (QED) is 0.0907. The number of hydrogen-bond acceptors (Lipinski definition) is 9. The molecule has 5 N–H and O–H groups in total.